The second kappa shape index (κ2) is 4.30. The summed E-state index contributed by atoms with van der Waals surface area (Å²) in [6, 6.07) is 0. The van der Waals surface area contributed by atoms with Crippen molar-refractivity contribution in [1.29, 1.82) is 0 Å². The van der Waals surface area contributed by atoms with Crippen LogP contribution in [0.5, 0.6) is 0 Å². The number of ether oxygens (including phenoxy) is 2. The fraction of sp³-hybridized carbons (Fsp3) is 0.909. The molecule has 14 heavy (non-hydrogen) atoms. The molecule has 1 aliphatic rings. The summed E-state index contributed by atoms with van der Waals surface area (Å²) in [5.41, 5.74) is -0.425. The first kappa shape index (κ1) is 11.5. The van der Waals surface area contributed by atoms with Gasteiger partial charge >= 0.3 is 5.97 Å². The molecule has 0 spiro atoms. The Labute approximate surface area is 85.8 Å². The molecule has 3 nitrogen and oxygen atoms in total. The Kier molecular flexibility index (Phi) is 3.53. The first-order valence-corrected chi connectivity index (χ1v) is 5.27. The number of hydrogen-bond donors (Lipinski definition) is 0. The van der Waals surface area contributed by atoms with Crippen LogP contribution in [0.25, 0.3) is 0 Å². The van der Waals surface area contributed by atoms with E-state index in [1.807, 2.05) is 27.7 Å². The summed E-state index contributed by atoms with van der Waals surface area (Å²) in [6.45, 7) is 8.58. The molecule has 1 rings (SSSR count). The molecule has 0 amide bonds. The topological polar surface area (TPSA) is 35.5 Å². The maximum Gasteiger partial charge on any atom is 0.314 e. The highest BCUT2D eigenvalue weighted by Gasteiger charge is 2.35. The van der Waals surface area contributed by atoms with Crippen molar-refractivity contribution in [3.8, 4) is 0 Å². The lowest BCUT2D eigenvalue weighted by Crippen LogP contribution is -2.34. The van der Waals surface area contributed by atoms with Crippen LogP contribution in [0.4, 0.5) is 0 Å². The van der Waals surface area contributed by atoms with Crippen LogP contribution in [0.15, 0.2) is 0 Å². The highest BCUT2D eigenvalue weighted by atomic mass is 16.7. The van der Waals surface area contributed by atoms with Crippen molar-refractivity contribution in [2.24, 2.45) is 11.3 Å². The second-order valence-electron chi connectivity index (χ2n) is 4.72. The van der Waals surface area contributed by atoms with E-state index in [9.17, 15) is 4.79 Å². The first-order chi connectivity index (χ1) is 6.44. The van der Waals surface area contributed by atoms with Crippen LogP contribution in [-0.2, 0) is 14.3 Å². The standard InChI is InChI=1S/C11H20O3/c1-8(2)11(3,4)10(12)14-9-6-5-7-13-9/h8-9H,5-7H2,1-4H3. The fourth-order valence-corrected chi connectivity index (χ4v) is 1.15. The van der Waals surface area contributed by atoms with Gasteiger partial charge in [-0.2, -0.15) is 0 Å². The molecule has 3 heteroatoms. The number of hydrogen-bond acceptors (Lipinski definition) is 3. The van der Waals surface area contributed by atoms with E-state index in [0.717, 1.165) is 12.8 Å². The molecule has 82 valence electrons. The molecule has 0 aromatic carbocycles. The van der Waals surface area contributed by atoms with Crippen molar-refractivity contribution in [2.75, 3.05) is 6.61 Å². The summed E-state index contributed by atoms with van der Waals surface area (Å²) < 4.78 is 10.5. The molecule has 1 atom stereocenters. The Balaban J connectivity index is 2.48. The zero-order valence-electron chi connectivity index (χ0n) is 9.50. The third kappa shape index (κ3) is 2.47. The van der Waals surface area contributed by atoms with Gasteiger partial charge < -0.3 is 9.47 Å². The van der Waals surface area contributed by atoms with Gasteiger partial charge in [0.05, 0.1) is 12.0 Å². The molecule has 0 bridgehead atoms. The Bertz CT molecular complexity index is 203. The smallest absolute Gasteiger partial charge is 0.314 e. The van der Waals surface area contributed by atoms with Crippen molar-refractivity contribution in [2.45, 2.75) is 46.8 Å². The van der Waals surface area contributed by atoms with Gasteiger partial charge in [0.15, 0.2) is 0 Å². The molecule has 1 unspecified atom stereocenters. The molecule has 0 saturated carbocycles. The molecule has 0 aromatic rings. The molecular formula is C11H20O3. The van der Waals surface area contributed by atoms with Gasteiger partial charge in [-0.25, -0.2) is 0 Å². The minimum atomic E-state index is -0.425. The van der Waals surface area contributed by atoms with Crippen molar-refractivity contribution >= 4 is 5.97 Å². The Morgan fingerprint density at radius 3 is 2.57 bits per heavy atom. The van der Waals surface area contributed by atoms with Gasteiger partial charge in [-0.3, -0.25) is 4.79 Å². The van der Waals surface area contributed by atoms with E-state index >= 15 is 0 Å². The SMILES string of the molecule is CC(C)C(C)(C)C(=O)OC1CCCO1. The van der Waals surface area contributed by atoms with E-state index < -0.39 is 5.41 Å². The zero-order chi connectivity index (χ0) is 10.8. The molecular weight excluding hydrogens is 180 g/mol. The minimum Gasteiger partial charge on any atom is -0.435 e. The van der Waals surface area contributed by atoms with Gasteiger partial charge in [0.2, 0.25) is 6.29 Å². The number of carbonyl (C=O) groups excluding carboxylic acids is 1. The van der Waals surface area contributed by atoms with Gasteiger partial charge in [-0.1, -0.05) is 13.8 Å². The van der Waals surface area contributed by atoms with Crippen LogP contribution >= 0.6 is 0 Å². The summed E-state index contributed by atoms with van der Waals surface area (Å²) in [6.07, 6.45) is 1.51. The monoisotopic (exact) mass is 200 g/mol. The average Bonchev–Trinajstić information content (AvgIpc) is 2.56. The van der Waals surface area contributed by atoms with Crippen molar-refractivity contribution < 1.29 is 14.3 Å². The molecule has 1 heterocycles. The van der Waals surface area contributed by atoms with Crippen LogP contribution in [0, 0.1) is 11.3 Å². The maximum atomic E-state index is 11.8. The second-order valence-corrected chi connectivity index (χ2v) is 4.72. The third-order valence-corrected chi connectivity index (χ3v) is 3.10. The summed E-state index contributed by atoms with van der Waals surface area (Å²) in [4.78, 5) is 11.8. The Hall–Kier alpha value is -0.570. The third-order valence-electron chi connectivity index (χ3n) is 3.10. The van der Waals surface area contributed by atoms with Gasteiger partial charge in [0.1, 0.15) is 0 Å². The quantitative estimate of drug-likeness (QED) is 0.656. The number of rotatable bonds is 3. The van der Waals surface area contributed by atoms with Crippen molar-refractivity contribution in [3.05, 3.63) is 0 Å². The van der Waals surface area contributed by atoms with Gasteiger partial charge in [-0.05, 0) is 26.2 Å². The normalized spacial score (nSPS) is 22.8. The highest BCUT2D eigenvalue weighted by Crippen LogP contribution is 2.29. The van der Waals surface area contributed by atoms with Crippen LogP contribution in [0.1, 0.15) is 40.5 Å². The van der Waals surface area contributed by atoms with Gasteiger partial charge in [0.25, 0.3) is 0 Å². The molecule has 0 N–H and O–H groups in total. The zero-order valence-corrected chi connectivity index (χ0v) is 9.50. The summed E-state index contributed by atoms with van der Waals surface area (Å²) in [5.74, 6) is 0.121. The van der Waals surface area contributed by atoms with Gasteiger partial charge in [0, 0.05) is 6.42 Å². The maximum absolute atomic E-state index is 11.8. The summed E-state index contributed by atoms with van der Waals surface area (Å²) in [7, 11) is 0. The molecule has 0 aromatic heterocycles. The fourth-order valence-electron chi connectivity index (χ4n) is 1.15. The van der Waals surface area contributed by atoms with Crippen LogP contribution in [0.3, 0.4) is 0 Å². The van der Waals surface area contributed by atoms with E-state index in [-0.39, 0.29) is 18.2 Å². The highest BCUT2D eigenvalue weighted by molar-refractivity contribution is 5.76. The first-order valence-electron chi connectivity index (χ1n) is 5.27. The van der Waals surface area contributed by atoms with E-state index in [0.29, 0.717) is 6.61 Å². The van der Waals surface area contributed by atoms with Crippen molar-refractivity contribution in [1.82, 2.24) is 0 Å². The number of carbonyl (C=O) groups is 1. The molecule has 1 aliphatic heterocycles. The summed E-state index contributed by atoms with van der Waals surface area (Å²) in [5, 5.41) is 0. The Morgan fingerprint density at radius 1 is 1.50 bits per heavy atom. The van der Waals surface area contributed by atoms with E-state index in [1.165, 1.54) is 0 Å². The largest absolute Gasteiger partial charge is 0.435 e. The minimum absolute atomic E-state index is 0.153. The lowest BCUT2D eigenvalue weighted by atomic mass is 9.81. The van der Waals surface area contributed by atoms with Crippen LogP contribution in [-0.4, -0.2) is 18.9 Å². The molecule has 0 radical (unpaired) electrons. The number of esters is 1. The summed E-state index contributed by atoms with van der Waals surface area (Å²) >= 11 is 0. The molecule has 1 saturated heterocycles. The lowest BCUT2D eigenvalue weighted by Gasteiger charge is -2.27. The van der Waals surface area contributed by atoms with Crippen molar-refractivity contribution in [3.63, 3.8) is 0 Å². The van der Waals surface area contributed by atoms with E-state index in [2.05, 4.69) is 0 Å². The molecule has 1 fully saturated rings. The average molecular weight is 200 g/mol. The predicted molar refractivity (Wildman–Crippen MR) is 53.7 cm³/mol. The predicted octanol–water partition coefficient (Wildman–Crippen LogP) is 2.35. The van der Waals surface area contributed by atoms with Gasteiger partial charge in [-0.15, -0.1) is 0 Å². The molecule has 0 aliphatic carbocycles. The van der Waals surface area contributed by atoms with E-state index in [1.54, 1.807) is 0 Å². The van der Waals surface area contributed by atoms with E-state index in [4.69, 9.17) is 9.47 Å². The van der Waals surface area contributed by atoms with Crippen LogP contribution in [0.2, 0.25) is 0 Å². The van der Waals surface area contributed by atoms with Crippen LogP contribution < -0.4 is 0 Å². The Morgan fingerprint density at radius 2 is 2.14 bits per heavy atom. The lowest BCUT2D eigenvalue weighted by molar-refractivity contribution is -0.182.